The smallest absolute Gasteiger partial charge is 0.295 e. The number of methoxy groups -OCH3 is 1. The molecule has 0 spiro atoms. The largest absolute Gasteiger partial charge is 0.507 e. The van der Waals surface area contributed by atoms with Crippen molar-refractivity contribution in [3.05, 3.63) is 77.9 Å². The van der Waals surface area contributed by atoms with Gasteiger partial charge in [0.05, 0.1) is 25.1 Å². The normalized spacial score (nSPS) is 18.7. The van der Waals surface area contributed by atoms with Crippen LogP contribution in [0.25, 0.3) is 5.76 Å². The summed E-state index contributed by atoms with van der Waals surface area (Å²) in [5, 5.41) is 11.3. The second-order valence-corrected chi connectivity index (χ2v) is 8.25. The highest BCUT2D eigenvalue weighted by Gasteiger charge is 2.46. The van der Waals surface area contributed by atoms with Gasteiger partial charge in [0.1, 0.15) is 24.7 Å². The summed E-state index contributed by atoms with van der Waals surface area (Å²) in [7, 11) is 1.53. The Balaban J connectivity index is 1.56. The average molecular weight is 476 g/mol. The third kappa shape index (κ3) is 4.21. The molecule has 0 radical (unpaired) electrons. The summed E-state index contributed by atoms with van der Waals surface area (Å²) in [5.74, 6) is -0.111. The second kappa shape index (κ2) is 9.54. The second-order valence-electron chi connectivity index (χ2n) is 8.25. The third-order valence-corrected chi connectivity index (χ3v) is 6.16. The highest BCUT2D eigenvalue weighted by atomic mass is 16.6. The van der Waals surface area contributed by atoms with Gasteiger partial charge in [0.15, 0.2) is 11.5 Å². The van der Waals surface area contributed by atoms with Crippen LogP contribution in [-0.2, 0) is 16.1 Å². The maximum Gasteiger partial charge on any atom is 0.295 e. The number of fused-ring (bicyclic) bond motifs is 1. The summed E-state index contributed by atoms with van der Waals surface area (Å²) in [6.07, 6.45) is 5.83. The van der Waals surface area contributed by atoms with Crippen molar-refractivity contribution in [2.75, 3.05) is 26.9 Å². The number of aromatic nitrogens is 2. The number of benzene rings is 2. The Labute approximate surface area is 202 Å². The van der Waals surface area contributed by atoms with Gasteiger partial charge in [0.25, 0.3) is 11.7 Å². The van der Waals surface area contributed by atoms with Gasteiger partial charge in [-0.25, -0.2) is 4.98 Å². The van der Waals surface area contributed by atoms with E-state index in [2.05, 4.69) is 4.98 Å². The minimum Gasteiger partial charge on any atom is -0.507 e. The van der Waals surface area contributed by atoms with Crippen LogP contribution in [0.5, 0.6) is 17.2 Å². The molecular formula is C26H25N3O6. The summed E-state index contributed by atoms with van der Waals surface area (Å²) in [4.78, 5) is 32.0. The molecule has 1 atom stereocenters. The lowest BCUT2D eigenvalue weighted by atomic mass is 9.94. The first-order chi connectivity index (χ1) is 17.1. The summed E-state index contributed by atoms with van der Waals surface area (Å²) in [6, 6.07) is 11.3. The maximum atomic E-state index is 13.3. The van der Waals surface area contributed by atoms with Gasteiger partial charge in [-0.3, -0.25) is 9.59 Å². The molecule has 5 rings (SSSR count). The lowest BCUT2D eigenvalue weighted by Crippen LogP contribution is -2.31. The van der Waals surface area contributed by atoms with Crippen molar-refractivity contribution in [3.63, 3.8) is 0 Å². The van der Waals surface area contributed by atoms with Crippen molar-refractivity contribution in [2.24, 2.45) is 0 Å². The average Bonchev–Trinajstić information content (AvgIpc) is 3.50. The summed E-state index contributed by atoms with van der Waals surface area (Å²) >= 11 is 0. The lowest BCUT2D eigenvalue weighted by Gasteiger charge is -2.26. The lowest BCUT2D eigenvalue weighted by molar-refractivity contribution is -0.140. The molecule has 180 valence electrons. The van der Waals surface area contributed by atoms with E-state index in [-0.39, 0.29) is 11.3 Å². The molecule has 3 heterocycles. The minimum absolute atomic E-state index is 0.0128. The molecule has 1 fully saturated rings. The molecule has 2 aromatic carbocycles. The molecular weight excluding hydrogens is 450 g/mol. The third-order valence-electron chi connectivity index (χ3n) is 6.16. The molecule has 1 aromatic heterocycles. The Morgan fingerprint density at radius 2 is 1.91 bits per heavy atom. The van der Waals surface area contributed by atoms with E-state index < -0.39 is 17.7 Å². The summed E-state index contributed by atoms with van der Waals surface area (Å²) in [6.45, 7) is 1.77. The number of amides is 1. The fourth-order valence-corrected chi connectivity index (χ4v) is 4.52. The van der Waals surface area contributed by atoms with Crippen LogP contribution in [0.4, 0.5) is 0 Å². The number of likely N-dealkylation sites (tertiary alicyclic amines) is 1. The van der Waals surface area contributed by atoms with Crippen LogP contribution in [0.2, 0.25) is 0 Å². The van der Waals surface area contributed by atoms with Gasteiger partial charge in [0.2, 0.25) is 0 Å². The maximum absolute atomic E-state index is 13.3. The van der Waals surface area contributed by atoms with E-state index in [1.165, 1.54) is 12.0 Å². The van der Waals surface area contributed by atoms with E-state index in [0.29, 0.717) is 61.1 Å². The zero-order valence-electron chi connectivity index (χ0n) is 19.2. The molecule has 1 N–H and O–H groups in total. The van der Waals surface area contributed by atoms with Gasteiger partial charge in [-0.05, 0) is 30.7 Å². The van der Waals surface area contributed by atoms with E-state index in [4.69, 9.17) is 14.2 Å². The van der Waals surface area contributed by atoms with Gasteiger partial charge in [-0.2, -0.15) is 0 Å². The first-order valence-electron chi connectivity index (χ1n) is 11.4. The van der Waals surface area contributed by atoms with Crippen LogP contribution < -0.4 is 14.2 Å². The number of ketones is 1. The molecule has 1 amide bonds. The number of hydrogen-bond acceptors (Lipinski definition) is 7. The molecule has 1 unspecified atom stereocenters. The van der Waals surface area contributed by atoms with E-state index in [9.17, 15) is 14.7 Å². The van der Waals surface area contributed by atoms with Gasteiger partial charge in [-0.15, -0.1) is 0 Å². The van der Waals surface area contributed by atoms with E-state index in [1.807, 2.05) is 22.9 Å². The Kier molecular flexibility index (Phi) is 6.13. The van der Waals surface area contributed by atoms with Gasteiger partial charge in [0, 0.05) is 36.6 Å². The predicted molar refractivity (Wildman–Crippen MR) is 126 cm³/mol. The van der Waals surface area contributed by atoms with Gasteiger partial charge < -0.3 is 28.8 Å². The first kappa shape index (κ1) is 22.5. The quantitative estimate of drug-likeness (QED) is 0.318. The fourth-order valence-electron chi connectivity index (χ4n) is 4.52. The molecule has 3 aromatic rings. The Morgan fingerprint density at radius 1 is 1.11 bits per heavy atom. The molecule has 1 saturated heterocycles. The number of ether oxygens (including phenoxy) is 3. The minimum atomic E-state index is -0.804. The van der Waals surface area contributed by atoms with Crippen molar-refractivity contribution < 1.29 is 28.9 Å². The first-order valence-corrected chi connectivity index (χ1v) is 11.4. The summed E-state index contributed by atoms with van der Waals surface area (Å²) in [5.41, 5.74) is 1.00. The Bertz CT molecular complexity index is 1280. The van der Waals surface area contributed by atoms with Crippen molar-refractivity contribution >= 4 is 17.4 Å². The van der Waals surface area contributed by atoms with Crippen LogP contribution >= 0.6 is 0 Å². The van der Waals surface area contributed by atoms with Crippen LogP contribution in [0, 0.1) is 0 Å². The number of carbonyl (C=O) groups is 2. The van der Waals surface area contributed by atoms with E-state index in [1.54, 1.807) is 42.9 Å². The molecule has 2 aliphatic rings. The van der Waals surface area contributed by atoms with E-state index in [0.717, 1.165) is 0 Å². The molecule has 2 aliphatic heterocycles. The van der Waals surface area contributed by atoms with Gasteiger partial charge >= 0.3 is 0 Å². The highest BCUT2D eigenvalue weighted by molar-refractivity contribution is 6.46. The Hall–Kier alpha value is -4.27. The SMILES string of the molecule is COc1ccccc1C1C(=C(O)c2ccc3c(c2)OCCO3)C(=O)C(=O)N1CCCn1ccnc1. The topological polar surface area (TPSA) is 103 Å². The molecule has 0 saturated carbocycles. The summed E-state index contributed by atoms with van der Waals surface area (Å²) < 4.78 is 18.6. The Morgan fingerprint density at radius 3 is 2.69 bits per heavy atom. The van der Waals surface area contributed by atoms with Crippen LogP contribution in [0.15, 0.2) is 66.8 Å². The number of aliphatic hydroxyl groups is 1. The molecule has 9 nitrogen and oxygen atoms in total. The monoisotopic (exact) mass is 475 g/mol. The number of para-hydroxylation sites is 1. The zero-order chi connectivity index (χ0) is 24.4. The number of nitrogens with zero attached hydrogens (tertiary/aromatic N) is 3. The number of rotatable bonds is 7. The van der Waals surface area contributed by atoms with Crippen molar-refractivity contribution in [1.29, 1.82) is 0 Å². The van der Waals surface area contributed by atoms with Crippen molar-refractivity contribution in [2.45, 2.75) is 19.0 Å². The number of Topliss-reactive ketones (excluding diaryl/α,β-unsaturated/α-hetero) is 1. The van der Waals surface area contributed by atoms with E-state index >= 15 is 0 Å². The molecule has 35 heavy (non-hydrogen) atoms. The number of imidazole rings is 1. The fraction of sp³-hybridized carbons (Fsp3) is 0.269. The predicted octanol–water partition coefficient (Wildman–Crippen LogP) is 3.17. The number of carbonyl (C=O) groups excluding carboxylic acids is 2. The number of aliphatic hydroxyl groups excluding tert-OH is 1. The van der Waals surface area contributed by atoms with Crippen molar-refractivity contribution in [1.82, 2.24) is 14.5 Å². The van der Waals surface area contributed by atoms with Gasteiger partial charge in [-0.1, -0.05) is 18.2 Å². The number of aryl methyl sites for hydroxylation is 1. The molecule has 0 aliphatic carbocycles. The zero-order valence-corrected chi connectivity index (χ0v) is 19.2. The van der Waals surface area contributed by atoms with Crippen molar-refractivity contribution in [3.8, 4) is 17.2 Å². The standard InChI is InChI=1S/C26H25N3O6/c1-33-19-6-3-2-5-18(19)23-22(24(30)17-7-8-20-21(15-17)35-14-13-34-20)25(31)26(32)29(23)11-4-10-28-12-9-27-16-28/h2-3,5-9,12,15-16,23,30H,4,10-11,13-14H2,1H3. The van der Waals surface area contributed by atoms with Crippen LogP contribution in [-0.4, -0.2) is 58.1 Å². The highest BCUT2D eigenvalue weighted by Crippen LogP contribution is 2.43. The molecule has 0 bridgehead atoms. The van der Waals surface area contributed by atoms with Crippen LogP contribution in [0.1, 0.15) is 23.6 Å². The van der Waals surface area contributed by atoms with Crippen LogP contribution in [0.3, 0.4) is 0 Å². The molecule has 9 heteroatoms. The number of hydrogen-bond donors (Lipinski definition) is 1.